The highest BCUT2D eigenvalue weighted by Crippen LogP contribution is 2.16. The van der Waals surface area contributed by atoms with E-state index in [1.165, 1.54) is 0 Å². The number of pyridine rings is 1. The van der Waals surface area contributed by atoms with Crippen molar-refractivity contribution in [1.82, 2.24) is 15.0 Å². The second-order valence-electron chi connectivity index (χ2n) is 3.61. The monoisotopic (exact) mass is 214 g/mol. The Morgan fingerprint density at radius 2 is 1.88 bits per heavy atom. The molecule has 2 rings (SSSR count). The molecule has 0 radical (unpaired) electrons. The summed E-state index contributed by atoms with van der Waals surface area (Å²) in [6, 6.07) is 5.99. The molecule has 2 heterocycles. The number of rotatable bonds is 3. The lowest BCUT2D eigenvalue weighted by atomic mass is 10.2. The first-order valence-corrected chi connectivity index (χ1v) is 5.22. The Morgan fingerprint density at radius 3 is 2.56 bits per heavy atom. The molecule has 0 amide bonds. The van der Waals surface area contributed by atoms with Crippen LogP contribution >= 0.6 is 0 Å². The van der Waals surface area contributed by atoms with Gasteiger partial charge in [0.1, 0.15) is 5.82 Å². The Morgan fingerprint density at radius 1 is 1.06 bits per heavy atom. The Kier molecular flexibility index (Phi) is 3.10. The van der Waals surface area contributed by atoms with Crippen molar-refractivity contribution in [2.75, 3.05) is 5.32 Å². The highest BCUT2D eigenvalue weighted by atomic mass is 15.0. The minimum atomic E-state index is 0.122. The van der Waals surface area contributed by atoms with Gasteiger partial charge in [0.15, 0.2) is 0 Å². The lowest BCUT2D eigenvalue weighted by Gasteiger charge is -2.14. The molecule has 0 aromatic carbocycles. The van der Waals surface area contributed by atoms with Crippen LogP contribution < -0.4 is 5.32 Å². The highest BCUT2D eigenvalue weighted by molar-refractivity contribution is 5.40. The van der Waals surface area contributed by atoms with Crippen molar-refractivity contribution in [3.63, 3.8) is 0 Å². The van der Waals surface area contributed by atoms with Gasteiger partial charge in [-0.2, -0.15) is 0 Å². The van der Waals surface area contributed by atoms with Gasteiger partial charge >= 0.3 is 0 Å². The lowest BCUT2D eigenvalue weighted by molar-refractivity contribution is 0.826. The fraction of sp³-hybridized carbons (Fsp3) is 0.250. The van der Waals surface area contributed by atoms with Crippen LogP contribution in [0.5, 0.6) is 0 Å². The predicted molar refractivity (Wildman–Crippen MR) is 63.0 cm³/mol. The van der Waals surface area contributed by atoms with Gasteiger partial charge in [0.25, 0.3) is 0 Å². The largest absolute Gasteiger partial charge is 0.360 e. The molecule has 0 saturated carbocycles. The lowest BCUT2D eigenvalue weighted by Crippen LogP contribution is -2.10. The van der Waals surface area contributed by atoms with Crippen LogP contribution in [0.25, 0.3) is 0 Å². The molecular weight excluding hydrogens is 200 g/mol. The molecule has 1 N–H and O–H groups in total. The number of anilines is 1. The van der Waals surface area contributed by atoms with Crippen molar-refractivity contribution >= 4 is 5.82 Å². The molecule has 0 aliphatic heterocycles. The van der Waals surface area contributed by atoms with E-state index >= 15 is 0 Å². The molecule has 0 saturated heterocycles. The normalized spacial score (nSPS) is 12.1. The zero-order chi connectivity index (χ0) is 11.4. The number of hydrogen-bond donors (Lipinski definition) is 1. The second kappa shape index (κ2) is 4.70. The van der Waals surface area contributed by atoms with Crippen LogP contribution in [0.15, 0.2) is 36.8 Å². The van der Waals surface area contributed by atoms with Crippen LogP contribution in [0.2, 0.25) is 0 Å². The zero-order valence-electron chi connectivity index (χ0n) is 9.38. The van der Waals surface area contributed by atoms with Crippen LogP contribution in [0.1, 0.15) is 24.4 Å². The number of nitrogens with zero attached hydrogens (tertiary/aromatic N) is 3. The fourth-order valence-electron chi connectivity index (χ4n) is 1.46. The third-order valence-corrected chi connectivity index (χ3v) is 2.37. The third-order valence-electron chi connectivity index (χ3n) is 2.37. The van der Waals surface area contributed by atoms with Crippen molar-refractivity contribution in [2.45, 2.75) is 19.9 Å². The van der Waals surface area contributed by atoms with E-state index in [2.05, 4.69) is 27.2 Å². The number of nitrogens with one attached hydrogen (secondary N) is 1. The predicted octanol–water partition coefficient (Wildman–Crippen LogP) is 2.35. The fourth-order valence-corrected chi connectivity index (χ4v) is 1.46. The molecule has 82 valence electrons. The summed E-state index contributed by atoms with van der Waals surface area (Å²) in [6.45, 7) is 3.98. The van der Waals surface area contributed by atoms with Crippen LogP contribution in [-0.4, -0.2) is 15.0 Å². The number of hydrogen-bond acceptors (Lipinski definition) is 4. The molecule has 16 heavy (non-hydrogen) atoms. The average Bonchev–Trinajstić information content (AvgIpc) is 2.33. The minimum absolute atomic E-state index is 0.122. The van der Waals surface area contributed by atoms with Gasteiger partial charge in [0.05, 0.1) is 17.4 Å². The molecule has 0 aliphatic rings. The van der Waals surface area contributed by atoms with E-state index < -0.39 is 0 Å². The minimum Gasteiger partial charge on any atom is -0.360 e. The summed E-state index contributed by atoms with van der Waals surface area (Å²) < 4.78 is 0. The van der Waals surface area contributed by atoms with Crippen LogP contribution in [-0.2, 0) is 0 Å². The van der Waals surface area contributed by atoms with Crippen LogP contribution in [0.4, 0.5) is 5.82 Å². The molecule has 0 aliphatic carbocycles. The van der Waals surface area contributed by atoms with Gasteiger partial charge in [-0.1, -0.05) is 6.07 Å². The van der Waals surface area contributed by atoms with E-state index in [0.717, 1.165) is 17.2 Å². The van der Waals surface area contributed by atoms with E-state index in [1.807, 2.05) is 25.1 Å². The molecule has 0 bridgehead atoms. The smallest absolute Gasteiger partial charge is 0.147 e. The SMILES string of the molecule is Cc1nccnc1NC(C)c1ccccn1. The van der Waals surface area contributed by atoms with Crippen molar-refractivity contribution in [2.24, 2.45) is 0 Å². The molecule has 1 unspecified atom stereocenters. The van der Waals surface area contributed by atoms with Gasteiger partial charge in [-0.25, -0.2) is 4.98 Å². The summed E-state index contributed by atoms with van der Waals surface area (Å²) in [5, 5.41) is 3.29. The average molecular weight is 214 g/mol. The summed E-state index contributed by atoms with van der Waals surface area (Å²) in [4.78, 5) is 12.7. The third kappa shape index (κ3) is 2.34. The van der Waals surface area contributed by atoms with Crippen LogP contribution in [0, 0.1) is 6.92 Å². The van der Waals surface area contributed by atoms with Crippen molar-refractivity contribution in [1.29, 1.82) is 0 Å². The van der Waals surface area contributed by atoms with Crippen LogP contribution in [0.3, 0.4) is 0 Å². The summed E-state index contributed by atoms with van der Waals surface area (Å²) in [5.74, 6) is 0.806. The number of aromatic nitrogens is 3. The Hall–Kier alpha value is -1.97. The Bertz CT molecular complexity index is 456. The van der Waals surface area contributed by atoms with E-state index in [4.69, 9.17) is 0 Å². The second-order valence-corrected chi connectivity index (χ2v) is 3.61. The first-order valence-electron chi connectivity index (χ1n) is 5.22. The molecule has 0 spiro atoms. The summed E-state index contributed by atoms with van der Waals surface area (Å²) in [6.07, 6.45) is 5.16. The molecule has 2 aromatic heterocycles. The zero-order valence-corrected chi connectivity index (χ0v) is 9.38. The maximum Gasteiger partial charge on any atom is 0.147 e. The van der Waals surface area contributed by atoms with Crippen molar-refractivity contribution in [3.05, 3.63) is 48.2 Å². The van der Waals surface area contributed by atoms with Crippen molar-refractivity contribution < 1.29 is 0 Å². The molecule has 2 aromatic rings. The highest BCUT2D eigenvalue weighted by Gasteiger charge is 2.08. The van der Waals surface area contributed by atoms with Gasteiger partial charge < -0.3 is 5.32 Å². The van der Waals surface area contributed by atoms with Gasteiger partial charge in [0.2, 0.25) is 0 Å². The van der Waals surface area contributed by atoms with E-state index in [-0.39, 0.29) is 6.04 Å². The quantitative estimate of drug-likeness (QED) is 0.852. The Labute approximate surface area is 94.8 Å². The van der Waals surface area contributed by atoms with E-state index in [9.17, 15) is 0 Å². The summed E-state index contributed by atoms with van der Waals surface area (Å²) >= 11 is 0. The van der Waals surface area contributed by atoms with Gasteiger partial charge in [-0.3, -0.25) is 9.97 Å². The first kappa shape index (κ1) is 10.5. The molecule has 4 heteroatoms. The maximum absolute atomic E-state index is 4.29. The first-order chi connectivity index (χ1) is 7.77. The summed E-state index contributed by atoms with van der Waals surface area (Å²) in [7, 11) is 0. The van der Waals surface area contributed by atoms with E-state index in [1.54, 1.807) is 18.6 Å². The van der Waals surface area contributed by atoms with E-state index in [0.29, 0.717) is 0 Å². The molecule has 1 atom stereocenters. The van der Waals surface area contributed by atoms with Gasteiger partial charge in [0, 0.05) is 18.6 Å². The standard InChI is InChI=1S/C12H14N4/c1-9(11-5-3-4-6-14-11)16-12-10(2)13-7-8-15-12/h3-9H,1-2H3,(H,15,16). The summed E-state index contributed by atoms with van der Waals surface area (Å²) in [5.41, 5.74) is 1.89. The number of aryl methyl sites for hydroxylation is 1. The topological polar surface area (TPSA) is 50.7 Å². The molecule has 0 fully saturated rings. The molecular formula is C12H14N4. The van der Waals surface area contributed by atoms with Gasteiger partial charge in [-0.05, 0) is 26.0 Å². The maximum atomic E-state index is 4.29. The van der Waals surface area contributed by atoms with Crippen molar-refractivity contribution in [3.8, 4) is 0 Å². The Balaban J connectivity index is 2.14. The molecule has 4 nitrogen and oxygen atoms in total. The van der Waals surface area contributed by atoms with Gasteiger partial charge in [-0.15, -0.1) is 0 Å².